The fraction of sp³-hybridized carbons (Fsp3) is 0.286. The molecule has 0 saturated carbocycles. The van der Waals surface area contributed by atoms with Gasteiger partial charge in [0, 0.05) is 29.7 Å². The number of H-pyrrole nitrogens is 1. The first-order valence-electron chi connectivity index (χ1n) is 8.87. The number of aromatic amines is 1. The maximum Gasteiger partial charge on any atom is 0.118 e. The third-order valence-electron chi connectivity index (χ3n) is 4.63. The second kappa shape index (κ2) is 9.04. The summed E-state index contributed by atoms with van der Waals surface area (Å²) in [5.41, 5.74) is 4.47. The van der Waals surface area contributed by atoms with E-state index < -0.39 is 0 Å². The largest absolute Gasteiger partial charge is 0.497 e. The molecular weight excluding hydrogens is 360 g/mol. The lowest BCUT2D eigenvalue weighted by atomic mass is 10.1. The Labute approximate surface area is 165 Å². The predicted octanol–water partition coefficient (Wildman–Crippen LogP) is 4.13. The second-order valence-corrected chi connectivity index (χ2v) is 7.10. The van der Waals surface area contributed by atoms with Gasteiger partial charge in [0.1, 0.15) is 5.75 Å². The number of methoxy groups -OCH3 is 1. The molecule has 2 N–H and O–H groups in total. The molecule has 142 valence electrons. The van der Waals surface area contributed by atoms with Crippen LogP contribution in [0.15, 0.2) is 54.7 Å². The molecule has 0 saturated heterocycles. The highest BCUT2D eigenvalue weighted by atomic mass is 35.5. The Kier molecular flexibility index (Phi) is 6.50. The number of nitrogens with zero attached hydrogens (tertiary/aromatic N) is 2. The van der Waals surface area contributed by atoms with Gasteiger partial charge in [0.05, 0.1) is 19.0 Å². The van der Waals surface area contributed by atoms with Gasteiger partial charge in [-0.2, -0.15) is 5.10 Å². The monoisotopic (exact) mass is 384 g/mol. The van der Waals surface area contributed by atoms with E-state index >= 15 is 0 Å². The van der Waals surface area contributed by atoms with Crippen LogP contribution in [0.25, 0.3) is 11.3 Å². The minimum absolute atomic E-state index is 0.266. The van der Waals surface area contributed by atoms with Crippen LogP contribution in [-0.4, -0.2) is 42.8 Å². The van der Waals surface area contributed by atoms with E-state index in [2.05, 4.69) is 46.6 Å². The van der Waals surface area contributed by atoms with Gasteiger partial charge in [0.15, 0.2) is 0 Å². The molecule has 3 rings (SSSR count). The summed E-state index contributed by atoms with van der Waals surface area (Å²) in [6.07, 6.45) is 1.87. The number of benzene rings is 2. The Morgan fingerprint density at radius 3 is 2.44 bits per heavy atom. The van der Waals surface area contributed by atoms with Gasteiger partial charge in [0.2, 0.25) is 0 Å². The van der Waals surface area contributed by atoms with Crippen LogP contribution < -0.4 is 10.1 Å². The van der Waals surface area contributed by atoms with Crippen LogP contribution in [0.2, 0.25) is 5.02 Å². The summed E-state index contributed by atoms with van der Waals surface area (Å²) in [6.45, 7) is 1.56. The van der Waals surface area contributed by atoms with Crippen molar-refractivity contribution >= 4 is 11.6 Å². The standard InChI is InChI=1S/C21H25ClN4O/c1-26(2)20(15-6-10-19(27-3)11-7-15)14-23-12-17-13-24-25-21(17)16-4-8-18(22)9-5-16/h4-11,13,20,23H,12,14H2,1-3H3,(H,24,25)/t20-/m0/s1. The smallest absolute Gasteiger partial charge is 0.118 e. The van der Waals surface area contributed by atoms with Gasteiger partial charge in [-0.05, 0) is 49.5 Å². The molecule has 27 heavy (non-hydrogen) atoms. The van der Waals surface area contributed by atoms with Crippen molar-refractivity contribution in [2.24, 2.45) is 0 Å². The molecule has 0 bridgehead atoms. The van der Waals surface area contributed by atoms with E-state index in [0.29, 0.717) is 0 Å². The quantitative estimate of drug-likeness (QED) is 0.613. The summed E-state index contributed by atoms with van der Waals surface area (Å²) < 4.78 is 5.25. The molecule has 2 aromatic carbocycles. The predicted molar refractivity (Wildman–Crippen MR) is 110 cm³/mol. The number of rotatable bonds is 8. The molecule has 1 atom stereocenters. The van der Waals surface area contributed by atoms with Crippen LogP contribution in [-0.2, 0) is 6.54 Å². The highest BCUT2D eigenvalue weighted by molar-refractivity contribution is 6.30. The van der Waals surface area contributed by atoms with Gasteiger partial charge in [-0.3, -0.25) is 5.10 Å². The molecule has 1 heterocycles. The van der Waals surface area contributed by atoms with Gasteiger partial charge >= 0.3 is 0 Å². The SMILES string of the molecule is COc1ccc([C@H](CNCc2cn[nH]c2-c2ccc(Cl)cc2)N(C)C)cc1. The Hall–Kier alpha value is -2.34. The van der Waals surface area contributed by atoms with Crippen molar-refractivity contribution in [1.29, 1.82) is 0 Å². The zero-order valence-electron chi connectivity index (χ0n) is 15.9. The van der Waals surface area contributed by atoms with Crippen LogP contribution >= 0.6 is 11.6 Å². The second-order valence-electron chi connectivity index (χ2n) is 6.66. The van der Waals surface area contributed by atoms with Gasteiger partial charge in [0.25, 0.3) is 0 Å². The normalized spacial score (nSPS) is 12.3. The molecule has 6 heteroatoms. The van der Waals surface area contributed by atoms with E-state index in [9.17, 15) is 0 Å². The first-order chi connectivity index (χ1) is 13.1. The maximum atomic E-state index is 5.99. The summed E-state index contributed by atoms with van der Waals surface area (Å²) in [5, 5.41) is 11.6. The molecule has 5 nitrogen and oxygen atoms in total. The summed E-state index contributed by atoms with van der Waals surface area (Å²) in [5.74, 6) is 0.871. The van der Waals surface area contributed by atoms with Crippen molar-refractivity contribution in [3.8, 4) is 17.0 Å². The van der Waals surface area contributed by atoms with Gasteiger partial charge < -0.3 is 15.0 Å². The minimum atomic E-state index is 0.266. The van der Waals surface area contributed by atoms with Crippen molar-refractivity contribution in [3.63, 3.8) is 0 Å². The Morgan fingerprint density at radius 1 is 1.11 bits per heavy atom. The van der Waals surface area contributed by atoms with E-state index in [1.165, 1.54) is 5.56 Å². The summed E-state index contributed by atoms with van der Waals surface area (Å²) >= 11 is 5.99. The lowest BCUT2D eigenvalue weighted by Crippen LogP contribution is -2.30. The van der Waals surface area contributed by atoms with E-state index in [1.807, 2.05) is 42.6 Å². The van der Waals surface area contributed by atoms with E-state index in [1.54, 1.807) is 7.11 Å². The Morgan fingerprint density at radius 2 is 1.81 bits per heavy atom. The van der Waals surface area contributed by atoms with E-state index in [4.69, 9.17) is 16.3 Å². The average Bonchev–Trinajstić information content (AvgIpc) is 3.14. The number of hydrogen-bond donors (Lipinski definition) is 2. The van der Waals surface area contributed by atoms with Crippen molar-refractivity contribution in [1.82, 2.24) is 20.4 Å². The molecule has 0 aliphatic rings. The molecule has 0 aliphatic carbocycles. The summed E-state index contributed by atoms with van der Waals surface area (Å²) in [7, 11) is 5.87. The molecule has 3 aromatic rings. The average molecular weight is 385 g/mol. The first kappa shape index (κ1) is 19.4. The Balaban J connectivity index is 1.65. The van der Waals surface area contributed by atoms with Crippen molar-refractivity contribution in [2.75, 3.05) is 27.7 Å². The number of likely N-dealkylation sites (N-methyl/N-ethyl adjacent to an activating group) is 1. The van der Waals surface area contributed by atoms with Crippen molar-refractivity contribution in [2.45, 2.75) is 12.6 Å². The molecule has 0 amide bonds. The number of nitrogens with one attached hydrogen (secondary N) is 2. The molecule has 0 radical (unpaired) electrons. The number of aromatic nitrogens is 2. The number of halogens is 1. The van der Waals surface area contributed by atoms with Crippen LogP contribution in [0, 0.1) is 0 Å². The van der Waals surface area contributed by atoms with Gasteiger partial charge in [-0.15, -0.1) is 0 Å². The number of ether oxygens (including phenoxy) is 1. The molecule has 0 unspecified atom stereocenters. The number of hydrogen-bond acceptors (Lipinski definition) is 4. The zero-order valence-corrected chi connectivity index (χ0v) is 16.6. The van der Waals surface area contributed by atoms with Crippen LogP contribution in [0.1, 0.15) is 17.2 Å². The van der Waals surface area contributed by atoms with Gasteiger partial charge in [-0.25, -0.2) is 0 Å². The molecule has 0 aliphatic heterocycles. The minimum Gasteiger partial charge on any atom is -0.497 e. The molecule has 0 spiro atoms. The highest BCUT2D eigenvalue weighted by Crippen LogP contribution is 2.24. The maximum absolute atomic E-state index is 5.99. The van der Waals surface area contributed by atoms with E-state index in [0.717, 1.165) is 40.7 Å². The first-order valence-corrected chi connectivity index (χ1v) is 9.25. The topological polar surface area (TPSA) is 53.2 Å². The van der Waals surface area contributed by atoms with Crippen molar-refractivity contribution in [3.05, 3.63) is 70.9 Å². The van der Waals surface area contributed by atoms with Crippen LogP contribution in [0.4, 0.5) is 0 Å². The Bertz CT molecular complexity index is 843. The van der Waals surface area contributed by atoms with Crippen LogP contribution in [0.3, 0.4) is 0 Å². The fourth-order valence-corrected chi connectivity index (χ4v) is 3.21. The summed E-state index contributed by atoms with van der Waals surface area (Å²) in [4.78, 5) is 2.21. The zero-order chi connectivity index (χ0) is 19.2. The fourth-order valence-electron chi connectivity index (χ4n) is 3.08. The lowest BCUT2D eigenvalue weighted by Gasteiger charge is -2.25. The highest BCUT2D eigenvalue weighted by Gasteiger charge is 2.15. The van der Waals surface area contributed by atoms with Crippen LogP contribution in [0.5, 0.6) is 5.75 Å². The third-order valence-corrected chi connectivity index (χ3v) is 4.88. The molecule has 0 fully saturated rings. The molecule has 1 aromatic heterocycles. The lowest BCUT2D eigenvalue weighted by molar-refractivity contribution is 0.288. The molecular formula is C21H25ClN4O. The van der Waals surface area contributed by atoms with Crippen molar-refractivity contribution < 1.29 is 4.74 Å². The van der Waals surface area contributed by atoms with E-state index in [-0.39, 0.29) is 6.04 Å². The van der Waals surface area contributed by atoms with Gasteiger partial charge in [-0.1, -0.05) is 35.9 Å². The third kappa shape index (κ3) is 4.89. The summed E-state index contributed by atoms with van der Waals surface area (Å²) in [6, 6.07) is 16.3.